The Kier molecular flexibility index (Phi) is 6.65. The Bertz CT molecular complexity index is 1500. The second-order valence-electron chi connectivity index (χ2n) is 8.95. The standard InChI is InChI=1S/C29H27N3OS.ClH/c1-20(30-29(33)24-12-7-15-27-28(24)23-11-4-5-14-26(23)34-27)31-16-18-32(19-17-31)25-13-6-9-21-8-2-3-10-22(21)25;/h2-15,20H,16-19H2,1H3,(H,30,33);1H. The fourth-order valence-electron chi connectivity index (χ4n) is 5.16. The van der Waals surface area contributed by atoms with Gasteiger partial charge >= 0.3 is 0 Å². The van der Waals surface area contributed by atoms with Gasteiger partial charge in [-0.1, -0.05) is 60.7 Å². The van der Waals surface area contributed by atoms with Crippen LogP contribution < -0.4 is 10.2 Å². The van der Waals surface area contributed by atoms with E-state index in [9.17, 15) is 4.79 Å². The van der Waals surface area contributed by atoms with E-state index in [0.717, 1.165) is 47.2 Å². The van der Waals surface area contributed by atoms with Gasteiger partial charge in [-0.3, -0.25) is 9.69 Å². The van der Waals surface area contributed by atoms with Crippen LogP contribution in [0.15, 0.2) is 84.9 Å². The fraction of sp³-hybridized carbons (Fsp3) is 0.207. The van der Waals surface area contributed by atoms with Crippen LogP contribution in [0.25, 0.3) is 30.9 Å². The number of nitrogens with zero attached hydrogens (tertiary/aromatic N) is 2. The number of halogens is 1. The van der Waals surface area contributed by atoms with E-state index in [-0.39, 0.29) is 24.5 Å². The van der Waals surface area contributed by atoms with Gasteiger partial charge in [-0.2, -0.15) is 0 Å². The normalized spacial score (nSPS) is 15.3. The lowest BCUT2D eigenvalue weighted by Crippen LogP contribution is -2.54. The van der Waals surface area contributed by atoms with E-state index < -0.39 is 0 Å². The Labute approximate surface area is 215 Å². The highest BCUT2D eigenvalue weighted by Crippen LogP contribution is 2.35. The van der Waals surface area contributed by atoms with Gasteiger partial charge in [-0.15, -0.1) is 23.7 Å². The first-order valence-electron chi connectivity index (χ1n) is 11.9. The quantitative estimate of drug-likeness (QED) is 0.304. The van der Waals surface area contributed by atoms with Crippen molar-refractivity contribution in [2.24, 2.45) is 0 Å². The van der Waals surface area contributed by atoms with Gasteiger partial charge in [-0.05, 0) is 36.6 Å². The minimum Gasteiger partial charge on any atom is -0.368 e. The van der Waals surface area contributed by atoms with Crippen LogP contribution in [0, 0.1) is 0 Å². The van der Waals surface area contributed by atoms with Crippen molar-refractivity contribution in [2.75, 3.05) is 31.1 Å². The zero-order valence-corrected chi connectivity index (χ0v) is 21.2. The van der Waals surface area contributed by atoms with Crippen molar-refractivity contribution >= 4 is 66.3 Å². The van der Waals surface area contributed by atoms with Crippen LogP contribution in [-0.4, -0.2) is 43.2 Å². The molecule has 1 unspecified atom stereocenters. The summed E-state index contributed by atoms with van der Waals surface area (Å²) in [7, 11) is 0. The summed E-state index contributed by atoms with van der Waals surface area (Å²) in [5, 5.41) is 8.07. The van der Waals surface area contributed by atoms with Gasteiger partial charge in [0.1, 0.15) is 0 Å². The molecule has 4 nitrogen and oxygen atoms in total. The molecule has 1 aliphatic rings. The number of anilines is 1. The molecular formula is C29H28ClN3OS. The van der Waals surface area contributed by atoms with Gasteiger partial charge in [-0.25, -0.2) is 0 Å². The number of benzene rings is 4. The molecule has 2 heterocycles. The van der Waals surface area contributed by atoms with Gasteiger partial charge in [0.05, 0.1) is 6.17 Å². The first-order chi connectivity index (χ1) is 16.7. The molecule has 1 saturated heterocycles. The minimum atomic E-state index is -0.0256. The van der Waals surface area contributed by atoms with Crippen LogP contribution in [0.2, 0.25) is 0 Å². The highest BCUT2D eigenvalue weighted by molar-refractivity contribution is 7.25. The number of piperazine rings is 1. The van der Waals surface area contributed by atoms with Crippen LogP contribution >= 0.6 is 23.7 Å². The summed E-state index contributed by atoms with van der Waals surface area (Å²) in [5.41, 5.74) is 2.06. The first kappa shape index (κ1) is 23.6. The lowest BCUT2D eigenvalue weighted by atomic mass is 10.1. The first-order valence-corrected chi connectivity index (χ1v) is 12.7. The van der Waals surface area contributed by atoms with Gasteiger partial charge in [0.25, 0.3) is 5.91 Å². The third kappa shape index (κ3) is 4.36. The summed E-state index contributed by atoms with van der Waals surface area (Å²) in [6.07, 6.45) is -0.0256. The van der Waals surface area contributed by atoms with Crippen molar-refractivity contribution in [3.8, 4) is 0 Å². The van der Waals surface area contributed by atoms with E-state index in [2.05, 4.69) is 88.8 Å². The van der Waals surface area contributed by atoms with E-state index in [1.807, 2.05) is 18.2 Å². The van der Waals surface area contributed by atoms with Crippen LogP contribution in [-0.2, 0) is 0 Å². The predicted molar refractivity (Wildman–Crippen MR) is 151 cm³/mol. The summed E-state index contributed by atoms with van der Waals surface area (Å²) in [4.78, 5) is 18.2. The molecule has 1 aliphatic heterocycles. The van der Waals surface area contributed by atoms with Gasteiger partial charge in [0.15, 0.2) is 0 Å². The molecule has 0 spiro atoms. The highest BCUT2D eigenvalue weighted by atomic mass is 35.5. The second kappa shape index (κ2) is 9.86. The summed E-state index contributed by atoms with van der Waals surface area (Å²) >= 11 is 1.74. The molecule has 0 saturated carbocycles. The van der Waals surface area contributed by atoms with Crippen LogP contribution in [0.1, 0.15) is 17.3 Å². The average Bonchev–Trinajstić information content (AvgIpc) is 3.27. The number of rotatable bonds is 4. The number of thiophene rings is 1. The van der Waals surface area contributed by atoms with Crippen molar-refractivity contribution in [2.45, 2.75) is 13.1 Å². The number of hydrogen-bond donors (Lipinski definition) is 1. The Balaban J connectivity index is 0.00000253. The van der Waals surface area contributed by atoms with Crippen LogP contribution in [0.4, 0.5) is 5.69 Å². The highest BCUT2D eigenvalue weighted by Gasteiger charge is 2.24. The Morgan fingerprint density at radius 2 is 1.46 bits per heavy atom. The predicted octanol–water partition coefficient (Wildman–Crippen LogP) is 6.53. The summed E-state index contributed by atoms with van der Waals surface area (Å²) in [5.74, 6) is -0.00173. The number of amides is 1. The lowest BCUT2D eigenvalue weighted by molar-refractivity contribution is 0.0859. The topological polar surface area (TPSA) is 35.6 Å². The molecule has 5 aromatic rings. The molecule has 6 rings (SSSR count). The molecule has 0 aliphatic carbocycles. The number of nitrogens with one attached hydrogen (secondary N) is 1. The monoisotopic (exact) mass is 501 g/mol. The molecule has 6 heteroatoms. The van der Waals surface area contributed by atoms with Gasteiger partial charge in [0, 0.05) is 63.0 Å². The maximum absolute atomic E-state index is 13.3. The number of fused-ring (bicyclic) bond motifs is 4. The second-order valence-corrected chi connectivity index (χ2v) is 10.0. The maximum atomic E-state index is 13.3. The fourth-order valence-corrected chi connectivity index (χ4v) is 6.29. The van der Waals surface area contributed by atoms with E-state index >= 15 is 0 Å². The molecule has 0 bridgehead atoms. The molecule has 4 aromatic carbocycles. The van der Waals surface area contributed by atoms with Gasteiger partial charge in [0.2, 0.25) is 0 Å². The van der Waals surface area contributed by atoms with Crippen LogP contribution in [0.3, 0.4) is 0 Å². The van der Waals surface area contributed by atoms with Crippen molar-refractivity contribution in [1.82, 2.24) is 10.2 Å². The molecule has 35 heavy (non-hydrogen) atoms. The third-order valence-electron chi connectivity index (χ3n) is 6.96. The van der Waals surface area contributed by atoms with E-state index in [1.165, 1.54) is 21.2 Å². The van der Waals surface area contributed by atoms with Crippen molar-refractivity contribution in [3.05, 3.63) is 90.5 Å². The number of carbonyl (C=O) groups is 1. The van der Waals surface area contributed by atoms with Gasteiger partial charge < -0.3 is 10.2 Å². The van der Waals surface area contributed by atoms with Crippen molar-refractivity contribution < 1.29 is 4.79 Å². The zero-order chi connectivity index (χ0) is 23.1. The number of carbonyl (C=O) groups excluding carboxylic acids is 1. The lowest BCUT2D eigenvalue weighted by Gasteiger charge is -2.39. The molecule has 1 N–H and O–H groups in total. The Morgan fingerprint density at radius 1 is 0.800 bits per heavy atom. The minimum absolute atomic E-state index is 0. The van der Waals surface area contributed by atoms with E-state index in [0.29, 0.717) is 0 Å². The largest absolute Gasteiger partial charge is 0.368 e. The molecule has 1 amide bonds. The summed E-state index contributed by atoms with van der Waals surface area (Å²) in [6.45, 7) is 5.81. The van der Waals surface area contributed by atoms with Crippen LogP contribution in [0.5, 0.6) is 0 Å². The Morgan fingerprint density at radius 3 is 2.29 bits per heavy atom. The van der Waals surface area contributed by atoms with Crippen molar-refractivity contribution in [1.29, 1.82) is 0 Å². The molecule has 1 aromatic heterocycles. The summed E-state index contributed by atoms with van der Waals surface area (Å²) in [6, 6.07) is 29.5. The SMILES string of the molecule is CC(NC(=O)c1cccc2sc3ccccc3c12)N1CCN(c2cccc3ccccc23)CC1.Cl. The smallest absolute Gasteiger partial charge is 0.253 e. The van der Waals surface area contributed by atoms with E-state index in [1.54, 1.807) is 11.3 Å². The summed E-state index contributed by atoms with van der Waals surface area (Å²) < 4.78 is 2.38. The average molecular weight is 502 g/mol. The maximum Gasteiger partial charge on any atom is 0.253 e. The zero-order valence-electron chi connectivity index (χ0n) is 19.6. The number of hydrogen-bond acceptors (Lipinski definition) is 4. The third-order valence-corrected chi connectivity index (χ3v) is 8.09. The van der Waals surface area contributed by atoms with Crippen molar-refractivity contribution in [3.63, 3.8) is 0 Å². The molecule has 1 atom stereocenters. The van der Waals surface area contributed by atoms with E-state index in [4.69, 9.17) is 0 Å². The molecule has 178 valence electrons. The Hall–Kier alpha value is -3.12. The molecule has 1 fully saturated rings. The molecular weight excluding hydrogens is 474 g/mol. The molecule has 0 radical (unpaired) electrons.